The van der Waals surface area contributed by atoms with Crippen molar-refractivity contribution in [3.63, 3.8) is 0 Å². The Balaban J connectivity index is 1.69. The van der Waals surface area contributed by atoms with E-state index >= 15 is 0 Å². The van der Waals surface area contributed by atoms with Crippen molar-refractivity contribution in [3.05, 3.63) is 12.7 Å². The van der Waals surface area contributed by atoms with Crippen molar-refractivity contribution in [2.45, 2.75) is 70.3 Å². The zero-order valence-corrected chi connectivity index (χ0v) is 11.1. The molecule has 0 spiro atoms. The summed E-state index contributed by atoms with van der Waals surface area (Å²) in [7, 11) is 0. The first kappa shape index (κ1) is 13.1. The lowest BCUT2D eigenvalue weighted by Crippen LogP contribution is -2.27. The molecular weight excluding hydrogens is 208 g/mol. The smallest absolute Gasteiger partial charge is 0.0540 e. The van der Waals surface area contributed by atoms with E-state index in [1.165, 1.54) is 51.4 Å². The normalized spacial score (nSPS) is 38.9. The van der Waals surface area contributed by atoms with Crippen molar-refractivity contribution in [1.29, 1.82) is 0 Å². The molecule has 0 radical (unpaired) electrons. The van der Waals surface area contributed by atoms with Crippen LogP contribution in [0.25, 0.3) is 0 Å². The number of allylic oxidation sites excluding steroid dienone is 1. The minimum atomic E-state index is 0.00943. The van der Waals surface area contributed by atoms with Gasteiger partial charge in [0.2, 0.25) is 0 Å². The molecule has 17 heavy (non-hydrogen) atoms. The maximum atomic E-state index is 9.56. The zero-order valence-electron chi connectivity index (χ0n) is 11.1. The summed E-state index contributed by atoms with van der Waals surface area (Å²) in [5.74, 6) is 2.87. The average Bonchev–Trinajstić information content (AvgIpc) is 2.38. The molecule has 98 valence electrons. The van der Waals surface area contributed by atoms with E-state index in [1.807, 2.05) is 0 Å². The van der Waals surface area contributed by atoms with Gasteiger partial charge in [-0.25, -0.2) is 0 Å². The van der Waals surface area contributed by atoms with Crippen LogP contribution < -0.4 is 0 Å². The van der Waals surface area contributed by atoms with Gasteiger partial charge in [-0.15, -0.1) is 6.58 Å². The summed E-state index contributed by atoms with van der Waals surface area (Å²) < 4.78 is 0. The van der Waals surface area contributed by atoms with Crippen LogP contribution in [0.5, 0.6) is 0 Å². The topological polar surface area (TPSA) is 20.2 Å². The standard InChI is InChI=1S/C16H28O/c1-2-3-4-13-5-7-14(8-6-13)15-9-11-16(17)12-10-15/h2,13-17H,1,3-12H2. The highest BCUT2D eigenvalue weighted by Gasteiger charge is 2.29. The van der Waals surface area contributed by atoms with Crippen LogP contribution in [-0.4, -0.2) is 11.2 Å². The second-order valence-electron chi connectivity index (χ2n) is 6.22. The van der Waals surface area contributed by atoms with Crippen LogP contribution in [0.2, 0.25) is 0 Å². The molecule has 2 fully saturated rings. The van der Waals surface area contributed by atoms with E-state index in [1.54, 1.807) is 0 Å². The van der Waals surface area contributed by atoms with Crippen molar-refractivity contribution in [2.75, 3.05) is 0 Å². The maximum Gasteiger partial charge on any atom is 0.0540 e. The third-order valence-corrected chi connectivity index (χ3v) is 5.08. The molecule has 0 aliphatic heterocycles. The molecule has 2 aliphatic rings. The summed E-state index contributed by atoms with van der Waals surface area (Å²) in [5, 5.41) is 9.56. The molecule has 2 aliphatic carbocycles. The summed E-state index contributed by atoms with van der Waals surface area (Å²) in [6.07, 6.45) is 15.1. The molecule has 1 heteroatoms. The van der Waals surface area contributed by atoms with Crippen LogP contribution in [0.3, 0.4) is 0 Å². The highest BCUT2D eigenvalue weighted by Crippen LogP contribution is 2.40. The third-order valence-electron chi connectivity index (χ3n) is 5.08. The van der Waals surface area contributed by atoms with Crippen LogP contribution in [0.4, 0.5) is 0 Å². The second-order valence-corrected chi connectivity index (χ2v) is 6.22. The Kier molecular flexibility index (Phi) is 5.09. The van der Waals surface area contributed by atoms with Crippen molar-refractivity contribution in [1.82, 2.24) is 0 Å². The van der Waals surface area contributed by atoms with E-state index in [2.05, 4.69) is 12.7 Å². The molecular formula is C16H28O. The van der Waals surface area contributed by atoms with Crippen LogP contribution in [0.15, 0.2) is 12.7 Å². The molecule has 0 unspecified atom stereocenters. The number of hydrogen-bond acceptors (Lipinski definition) is 1. The molecule has 2 rings (SSSR count). The van der Waals surface area contributed by atoms with Gasteiger partial charge in [0.1, 0.15) is 0 Å². The summed E-state index contributed by atoms with van der Waals surface area (Å²) in [5.41, 5.74) is 0. The lowest BCUT2D eigenvalue weighted by Gasteiger charge is -2.36. The summed E-state index contributed by atoms with van der Waals surface area (Å²) in [4.78, 5) is 0. The van der Waals surface area contributed by atoms with Gasteiger partial charge in [0.25, 0.3) is 0 Å². The van der Waals surface area contributed by atoms with Gasteiger partial charge in [-0.1, -0.05) is 18.9 Å². The Morgan fingerprint density at radius 1 is 0.882 bits per heavy atom. The van der Waals surface area contributed by atoms with Crippen molar-refractivity contribution in [2.24, 2.45) is 17.8 Å². The molecule has 2 saturated carbocycles. The fraction of sp³-hybridized carbons (Fsp3) is 0.875. The predicted octanol–water partition coefficient (Wildman–Crippen LogP) is 4.31. The monoisotopic (exact) mass is 236 g/mol. The van der Waals surface area contributed by atoms with Gasteiger partial charge in [-0.2, -0.15) is 0 Å². The lowest BCUT2D eigenvalue weighted by molar-refractivity contribution is 0.0765. The summed E-state index contributed by atoms with van der Waals surface area (Å²) in [6, 6.07) is 0. The van der Waals surface area contributed by atoms with Gasteiger partial charge in [0.05, 0.1) is 6.10 Å². The van der Waals surface area contributed by atoms with Crippen LogP contribution in [-0.2, 0) is 0 Å². The first-order chi connectivity index (χ1) is 8.29. The fourth-order valence-corrected chi connectivity index (χ4v) is 3.87. The van der Waals surface area contributed by atoms with E-state index in [4.69, 9.17) is 0 Å². The Morgan fingerprint density at radius 3 is 1.94 bits per heavy atom. The van der Waals surface area contributed by atoms with E-state index in [0.29, 0.717) is 0 Å². The first-order valence-corrected chi connectivity index (χ1v) is 7.58. The SMILES string of the molecule is C=CCCC1CCC(C2CCC(O)CC2)CC1. The fourth-order valence-electron chi connectivity index (χ4n) is 3.87. The van der Waals surface area contributed by atoms with E-state index in [9.17, 15) is 5.11 Å². The third kappa shape index (κ3) is 3.84. The quantitative estimate of drug-likeness (QED) is 0.721. The molecule has 1 N–H and O–H groups in total. The highest BCUT2D eigenvalue weighted by atomic mass is 16.3. The van der Waals surface area contributed by atoms with E-state index in [0.717, 1.165) is 30.6 Å². The minimum absolute atomic E-state index is 0.00943. The molecule has 0 saturated heterocycles. The van der Waals surface area contributed by atoms with Gasteiger partial charge in [-0.3, -0.25) is 0 Å². The molecule has 0 aromatic heterocycles. The number of aliphatic hydroxyl groups excluding tert-OH is 1. The van der Waals surface area contributed by atoms with E-state index in [-0.39, 0.29) is 6.10 Å². The molecule has 0 atom stereocenters. The number of hydrogen-bond donors (Lipinski definition) is 1. The molecule has 0 amide bonds. The first-order valence-electron chi connectivity index (χ1n) is 7.58. The molecule has 0 heterocycles. The Labute approximate surface area is 106 Å². The largest absolute Gasteiger partial charge is 0.393 e. The number of aliphatic hydroxyl groups is 1. The minimum Gasteiger partial charge on any atom is -0.393 e. The average molecular weight is 236 g/mol. The molecule has 0 aromatic carbocycles. The van der Waals surface area contributed by atoms with Crippen molar-refractivity contribution < 1.29 is 5.11 Å². The summed E-state index contributed by atoms with van der Waals surface area (Å²) in [6.45, 7) is 3.82. The highest BCUT2D eigenvalue weighted by molar-refractivity contribution is 4.82. The lowest BCUT2D eigenvalue weighted by atomic mass is 9.70. The number of rotatable bonds is 4. The Hall–Kier alpha value is -0.300. The van der Waals surface area contributed by atoms with Gasteiger partial charge < -0.3 is 5.11 Å². The molecule has 0 bridgehead atoms. The van der Waals surface area contributed by atoms with Gasteiger partial charge in [0, 0.05) is 0 Å². The van der Waals surface area contributed by atoms with Crippen molar-refractivity contribution >= 4 is 0 Å². The van der Waals surface area contributed by atoms with Crippen LogP contribution in [0.1, 0.15) is 64.2 Å². The van der Waals surface area contributed by atoms with E-state index < -0.39 is 0 Å². The van der Waals surface area contributed by atoms with Gasteiger partial charge in [0.15, 0.2) is 0 Å². The summed E-state index contributed by atoms with van der Waals surface area (Å²) >= 11 is 0. The van der Waals surface area contributed by atoms with Gasteiger partial charge in [-0.05, 0) is 69.1 Å². The maximum absolute atomic E-state index is 9.56. The Bertz CT molecular complexity index is 220. The molecule has 1 nitrogen and oxygen atoms in total. The second kappa shape index (κ2) is 6.58. The van der Waals surface area contributed by atoms with Crippen LogP contribution >= 0.6 is 0 Å². The van der Waals surface area contributed by atoms with Crippen LogP contribution in [0, 0.1) is 17.8 Å². The van der Waals surface area contributed by atoms with Crippen molar-refractivity contribution in [3.8, 4) is 0 Å². The molecule has 0 aromatic rings. The van der Waals surface area contributed by atoms with Gasteiger partial charge >= 0.3 is 0 Å². The zero-order chi connectivity index (χ0) is 12.1. The Morgan fingerprint density at radius 2 is 1.41 bits per heavy atom. The predicted molar refractivity (Wildman–Crippen MR) is 72.8 cm³/mol.